The highest BCUT2D eigenvalue weighted by Crippen LogP contribution is 2.25. The molecule has 1 fully saturated rings. The lowest BCUT2D eigenvalue weighted by Gasteiger charge is -2.50. The van der Waals surface area contributed by atoms with Gasteiger partial charge in [-0.2, -0.15) is 0 Å². The lowest BCUT2D eigenvalue weighted by Crippen LogP contribution is -2.68. The number of likely N-dealkylation sites (N-methyl/N-ethyl adjacent to an activating group) is 1. The van der Waals surface area contributed by atoms with Crippen molar-refractivity contribution in [3.8, 4) is 0 Å². The molecule has 1 aliphatic rings. The van der Waals surface area contributed by atoms with Crippen LogP contribution in [0.3, 0.4) is 0 Å². The van der Waals surface area contributed by atoms with Crippen molar-refractivity contribution in [1.82, 2.24) is 9.80 Å². The number of amides is 1. The van der Waals surface area contributed by atoms with Gasteiger partial charge in [-0.3, -0.25) is 9.69 Å². The SMILES string of the molecule is CC(C)CN1C(CN)C(=O)N(C)CC1(C)C. The first-order valence-electron chi connectivity index (χ1n) is 6.01. The third-order valence-corrected chi connectivity index (χ3v) is 3.22. The van der Waals surface area contributed by atoms with E-state index in [1.54, 1.807) is 4.90 Å². The van der Waals surface area contributed by atoms with E-state index in [0.29, 0.717) is 12.5 Å². The topological polar surface area (TPSA) is 49.6 Å². The lowest BCUT2D eigenvalue weighted by molar-refractivity contribution is -0.148. The lowest BCUT2D eigenvalue weighted by atomic mass is 9.93. The Morgan fingerprint density at radius 2 is 2.06 bits per heavy atom. The van der Waals surface area contributed by atoms with Crippen LogP contribution in [0.5, 0.6) is 0 Å². The first kappa shape index (κ1) is 13.5. The molecule has 0 aromatic heterocycles. The quantitative estimate of drug-likeness (QED) is 0.765. The summed E-state index contributed by atoms with van der Waals surface area (Å²) in [4.78, 5) is 16.1. The van der Waals surface area contributed by atoms with E-state index in [9.17, 15) is 4.79 Å². The van der Waals surface area contributed by atoms with E-state index >= 15 is 0 Å². The zero-order valence-corrected chi connectivity index (χ0v) is 11.2. The van der Waals surface area contributed by atoms with Gasteiger partial charge in [-0.05, 0) is 19.8 Å². The van der Waals surface area contributed by atoms with Crippen LogP contribution in [0.15, 0.2) is 0 Å². The average Bonchev–Trinajstić information content (AvgIpc) is 2.14. The Morgan fingerprint density at radius 1 is 1.50 bits per heavy atom. The molecule has 4 nitrogen and oxygen atoms in total. The van der Waals surface area contributed by atoms with Crippen LogP contribution in [-0.2, 0) is 4.79 Å². The van der Waals surface area contributed by atoms with Crippen molar-refractivity contribution < 1.29 is 4.79 Å². The number of piperazine rings is 1. The van der Waals surface area contributed by atoms with Gasteiger partial charge in [0.1, 0.15) is 6.04 Å². The molecule has 0 spiro atoms. The molecule has 1 heterocycles. The minimum absolute atomic E-state index is 0.0109. The summed E-state index contributed by atoms with van der Waals surface area (Å²) < 4.78 is 0. The first-order chi connectivity index (χ1) is 7.29. The second kappa shape index (κ2) is 4.72. The molecule has 0 saturated carbocycles. The number of carbonyl (C=O) groups is 1. The van der Waals surface area contributed by atoms with E-state index in [1.807, 2.05) is 7.05 Å². The van der Waals surface area contributed by atoms with Crippen molar-refractivity contribution in [2.45, 2.75) is 39.3 Å². The molecule has 1 aliphatic heterocycles. The molecule has 1 saturated heterocycles. The molecule has 0 aromatic carbocycles. The molecule has 2 N–H and O–H groups in total. The predicted molar refractivity (Wildman–Crippen MR) is 66.1 cm³/mol. The molecule has 0 aliphatic carbocycles. The van der Waals surface area contributed by atoms with Gasteiger partial charge in [0.05, 0.1) is 0 Å². The fourth-order valence-electron chi connectivity index (χ4n) is 2.55. The molecule has 0 bridgehead atoms. The summed E-state index contributed by atoms with van der Waals surface area (Å²) in [5.41, 5.74) is 5.76. The van der Waals surface area contributed by atoms with Crippen molar-refractivity contribution in [2.75, 3.05) is 26.7 Å². The minimum Gasteiger partial charge on any atom is -0.343 e. The third-order valence-electron chi connectivity index (χ3n) is 3.22. The molecular weight excluding hydrogens is 202 g/mol. The molecule has 1 unspecified atom stereocenters. The fourth-order valence-corrected chi connectivity index (χ4v) is 2.55. The number of hydrogen-bond acceptors (Lipinski definition) is 3. The Labute approximate surface area is 98.8 Å². The number of nitrogens with two attached hydrogens (primary N) is 1. The van der Waals surface area contributed by atoms with Crippen LogP contribution in [0.2, 0.25) is 0 Å². The second-order valence-corrected chi connectivity index (χ2v) is 5.80. The Morgan fingerprint density at radius 3 is 2.50 bits per heavy atom. The van der Waals surface area contributed by atoms with Crippen molar-refractivity contribution in [3.63, 3.8) is 0 Å². The number of hydrogen-bond donors (Lipinski definition) is 1. The van der Waals surface area contributed by atoms with Gasteiger partial charge in [0.2, 0.25) is 5.91 Å². The van der Waals surface area contributed by atoms with Crippen LogP contribution in [-0.4, -0.2) is 54.0 Å². The number of carbonyl (C=O) groups excluding carboxylic acids is 1. The van der Waals surface area contributed by atoms with E-state index in [2.05, 4.69) is 32.6 Å². The molecule has 1 atom stereocenters. The zero-order valence-electron chi connectivity index (χ0n) is 11.2. The van der Waals surface area contributed by atoms with Crippen LogP contribution in [0.25, 0.3) is 0 Å². The summed E-state index contributed by atoms with van der Waals surface area (Å²) in [6, 6.07) is -0.156. The predicted octanol–water partition coefficient (Wildman–Crippen LogP) is 0.522. The van der Waals surface area contributed by atoms with E-state index in [1.165, 1.54) is 0 Å². The van der Waals surface area contributed by atoms with Crippen molar-refractivity contribution >= 4 is 5.91 Å². The molecule has 0 radical (unpaired) electrons. The highest BCUT2D eigenvalue weighted by molar-refractivity contribution is 5.83. The summed E-state index contributed by atoms with van der Waals surface area (Å²) in [5.74, 6) is 0.701. The van der Waals surface area contributed by atoms with Gasteiger partial charge in [-0.1, -0.05) is 13.8 Å². The second-order valence-electron chi connectivity index (χ2n) is 5.80. The van der Waals surface area contributed by atoms with Crippen LogP contribution in [0, 0.1) is 5.92 Å². The highest BCUT2D eigenvalue weighted by Gasteiger charge is 2.42. The van der Waals surface area contributed by atoms with Crippen LogP contribution in [0.1, 0.15) is 27.7 Å². The molecule has 16 heavy (non-hydrogen) atoms. The molecule has 94 valence electrons. The summed E-state index contributed by atoms with van der Waals surface area (Å²) in [6.07, 6.45) is 0. The number of rotatable bonds is 3. The third kappa shape index (κ3) is 2.55. The maximum absolute atomic E-state index is 12.0. The Hall–Kier alpha value is -0.610. The van der Waals surface area contributed by atoms with Gasteiger partial charge in [0.25, 0.3) is 0 Å². The van der Waals surface area contributed by atoms with E-state index in [0.717, 1.165) is 13.1 Å². The number of nitrogens with zero attached hydrogens (tertiary/aromatic N) is 2. The summed E-state index contributed by atoms with van der Waals surface area (Å²) in [6.45, 7) is 10.8. The molecule has 0 aromatic rings. The normalized spacial score (nSPS) is 26.6. The van der Waals surface area contributed by atoms with Crippen molar-refractivity contribution in [3.05, 3.63) is 0 Å². The smallest absolute Gasteiger partial charge is 0.241 e. The van der Waals surface area contributed by atoms with Crippen LogP contribution >= 0.6 is 0 Å². The minimum atomic E-state index is -0.156. The largest absolute Gasteiger partial charge is 0.343 e. The van der Waals surface area contributed by atoms with Gasteiger partial charge in [-0.25, -0.2) is 0 Å². The van der Waals surface area contributed by atoms with Crippen LogP contribution in [0.4, 0.5) is 0 Å². The highest BCUT2D eigenvalue weighted by atomic mass is 16.2. The Bertz CT molecular complexity index is 263. The molecule has 4 heteroatoms. The molecule has 1 amide bonds. The molecule has 1 rings (SSSR count). The van der Waals surface area contributed by atoms with Gasteiger partial charge >= 0.3 is 0 Å². The van der Waals surface area contributed by atoms with Gasteiger partial charge in [-0.15, -0.1) is 0 Å². The van der Waals surface area contributed by atoms with Gasteiger partial charge in [0.15, 0.2) is 0 Å². The first-order valence-corrected chi connectivity index (χ1v) is 6.01. The zero-order chi connectivity index (χ0) is 12.5. The fraction of sp³-hybridized carbons (Fsp3) is 0.917. The van der Waals surface area contributed by atoms with E-state index in [-0.39, 0.29) is 17.5 Å². The van der Waals surface area contributed by atoms with E-state index in [4.69, 9.17) is 5.73 Å². The maximum atomic E-state index is 12.0. The average molecular weight is 227 g/mol. The summed E-state index contributed by atoms with van der Waals surface area (Å²) >= 11 is 0. The molecular formula is C12H25N3O. The monoisotopic (exact) mass is 227 g/mol. The standard InChI is InChI=1S/C12H25N3O/c1-9(2)7-15-10(6-13)11(16)14(5)8-12(15,3)4/h9-10H,6-8,13H2,1-5H3. The van der Waals surface area contributed by atoms with Crippen molar-refractivity contribution in [1.29, 1.82) is 0 Å². The summed E-state index contributed by atoms with van der Waals surface area (Å²) in [7, 11) is 1.86. The maximum Gasteiger partial charge on any atom is 0.241 e. The Kier molecular flexibility index (Phi) is 3.97. The summed E-state index contributed by atoms with van der Waals surface area (Å²) in [5, 5.41) is 0. The van der Waals surface area contributed by atoms with Gasteiger partial charge in [0, 0.05) is 32.2 Å². The van der Waals surface area contributed by atoms with Gasteiger partial charge < -0.3 is 10.6 Å². The Balaban J connectivity index is 2.93. The van der Waals surface area contributed by atoms with Crippen LogP contribution < -0.4 is 5.73 Å². The van der Waals surface area contributed by atoms with E-state index < -0.39 is 0 Å². The van der Waals surface area contributed by atoms with Crippen molar-refractivity contribution in [2.24, 2.45) is 11.7 Å².